The van der Waals surface area contributed by atoms with Gasteiger partial charge in [-0.05, 0) is 24.3 Å². The van der Waals surface area contributed by atoms with Crippen molar-refractivity contribution in [2.75, 3.05) is 0 Å². The van der Waals surface area contributed by atoms with Crippen LogP contribution in [-0.4, -0.2) is 16.2 Å². The fraction of sp³-hybridized carbons (Fsp3) is 0. The summed E-state index contributed by atoms with van der Waals surface area (Å²) in [6.07, 6.45) is 0. The summed E-state index contributed by atoms with van der Waals surface area (Å²) in [6.45, 7) is 0. The number of benzene rings is 2. The summed E-state index contributed by atoms with van der Waals surface area (Å²) in [5, 5.41) is 18.7. The highest BCUT2D eigenvalue weighted by Gasteiger charge is 2.12. The van der Waals surface area contributed by atoms with E-state index < -0.39 is 5.97 Å². The first kappa shape index (κ1) is 12.3. The standard InChI is InChI=1S/C13H9ClO4/c14-10-4-2-1-3-9(10)13(17)18-8-5-6-11(15)12(16)7-8/h1-7,15-16H. The van der Waals surface area contributed by atoms with Crippen LogP contribution in [0.2, 0.25) is 5.02 Å². The molecule has 0 aliphatic carbocycles. The maximum absolute atomic E-state index is 11.8. The highest BCUT2D eigenvalue weighted by molar-refractivity contribution is 6.33. The van der Waals surface area contributed by atoms with Crippen LogP contribution in [0.1, 0.15) is 10.4 Å². The van der Waals surface area contributed by atoms with Crippen LogP contribution in [0.3, 0.4) is 0 Å². The predicted octanol–water partition coefficient (Wildman–Crippen LogP) is 2.97. The summed E-state index contributed by atoms with van der Waals surface area (Å²) in [7, 11) is 0. The molecule has 18 heavy (non-hydrogen) atoms. The van der Waals surface area contributed by atoms with Crippen LogP contribution in [0.5, 0.6) is 17.2 Å². The summed E-state index contributed by atoms with van der Waals surface area (Å²) >= 11 is 5.85. The molecule has 2 rings (SSSR count). The van der Waals surface area contributed by atoms with Crippen molar-refractivity contribution >= 4 is 17.6 Å². The SMILES string of the molecule is O=C(Oc1ccc(O)c(O)c1)c1ccccc1Cl. The van der Waals surface area contributed by atoms with Gasteiger partial charge in [-0.15, -0.1) is 0 Å². The summed E-state index contributed by atoms with van der Waals surface area (Å²) in [5.74, 6) is -1.16. The van der Waals surface area contributed by atoms with E-state index >= 15 is 0 Å². The Morgan fingerprint density at radius 2 is 1.78 bits per heavy atom. The summed E-state index contributed by atoms with van der Waals surface area (Å²) in [6, 6.07) is 10.2. The van der Waals surface area contributed by atoms with E-state index in [9.17, 15) is 9.90 Å². The van der Waals surface area contributed by atoms with Crippen molar-refractivity contribution < 1.29 is 19.7 Å². The van der Waals surface area contributed by atoms with Crippen molar-refractivity contribution in [1.82, 2.24) is 0 Å². The van der Waals surface area contributed by atoms with Crippen molar-refractivity contribution in [2.24, 2.45) is 0 Å². The van der Waals surface area contributed by atoms with E-state index in [0.29, 0.717) is 0 Å². The van der Waals surface area contributed by atoms with Crippen LogP contribution in [0.25, 0.3) is 0 Å². The van der Waals surface area contributed by atoms with E-state index in [4.69, 9.17) is 21.4 Å². The molecule has 2 aromatic carbocycles. The van der Waals surface area contributed by atoms with E-state index in [1.54, 1.807) is 18.2 Å². The first-order chi connectivity index (χ1) is 8.58. The van der Waals surface area contributed by atoms with Gasteiger partial charge in [-0.2, -0.15) is 0 Å². The monoisotopic (exact) mass is 264 g/mol. The first-order valence-corrected chi connectivity index (χ1v) is 5.44. The van der Waals surface area contributed by atoms with Gasteiger partial charge in [0.25, 0.3) is 0 Å². The Labute approximate surface area is 108 Å². The Morgan fingerprint density at radius 3 is 2.44 bits per heavy atom. The second-order valence-corrected chi connectivity index (χ2v) is 3.93. The molecule has 2 aromatic rings. The molecule has 0 unspecified atom stereocenters. The molecule has 0 fully saturated rings. The summed E-state index contributed by atoms with van der Waals surface area (Å²) < 4.78 is 5.02. The van der Waals surface area contributed by atoms with Gasteiger partial charge in [0.2, 0.25) is 0 Å². The first-order valence-electron chi connectivity index (χ1n) is 5.06. The molecule has 0 aromatic heterocycles. The average molecular weight is 265 g/mol. The van der Waals surface area contributed by atoms with Gasteiger partial charge in [-0.1, -0.05) is 23.7 Å². The molecule has 0 bridgehead atoms. The molecular weight excluding hydrogens is 256 g/mol. The number of aromatic hydroxyl groups is 2. The number of ether oxygens (including phenoxy) is 1. The number of hydrogen-bond acceptors (Lipinski definition) is 4. The molecule has 0 spiro atoms. The Bertz CT molecular complexity index is 595. The predicted molar refractivity (Wildman–Crippen MR) is 66.2 cm³/mol. The van der Waals surface area contributed by atoms with E-state index in [2.05, 4.69) is 0 Å². The van der Waals surface area contributed by atoms with E-state index in [1.807, 2.05) is 0 Å². The smallest absolute Gasteiger partial charge is 0.345 e. The molecule has 0 radical (unpaired) electrons. The van der Waals surface area contributed by atoms with Gasteiger partial charge in [0, 0.05) is 6.07 Å². The lowest BCUT2D eigenvalue weighted by Crippen LogP contribution is -2.08. The van der Waals surface area contributed by atoms with Crippen LogP contribution in [0.4, 0.5) is 0 Å². The number of carbonyl (C=O) groups is 1. The quantitative estimate of drug-likeness (QED) is 0.497. The molecule has 0 aliphatic rings. The highest BCUT2D eigenvalue weighted by atomic mass is 35.5. The second kappa shape index (κ2) is 4.98. The molecule has 5 heteroatoms. The van der Waals surface area contributed by atoms with Crippen LogP contribution < -0.4 is 4.74 Å². The van der Waals surface area contributed by atoms with E-state index in [-0.39, 0.29) is 27.8 Å². The highest BCUT2D eigenvalue weighted by Crippen LogP contribution is 2.29. The van der Waals surface area contributed by atoms with Crippen LogP contribution in [0.15, 0.2) is 42.5 Å². The fourth-order valence-electron chi connectivity index (χ4n) is 1.36. The minimum absolute atomic E-state index is 0.121. The molecule has 0 aliphatic heterocycles. The largest absolute Gasteiger partial charge is 0.504 e. The Balaban J connectivity index is 2.22. The van der Waals surface area contributed by atoms with Crippen LogP contribution >= 0.6 is 11.6 Å². The number of halogens is 1. The third kappa shape index (κ3) is 2.55. The van der Waals surface area contributed by atoms with Gasteiger partial charge in [0.15, 0.2) is 11.5 Å². The normalized spacial score (nSPS) is 10.1. The van der Waals surface area contributed by atoms with Crippen molar-refractivity contribution in [3.8, 4) is 17.2 Å². The maximum atomic E-state index is 11.8. The maximum Gasteiger partial charge on any atom is 0.345 e. The molecular formula is C13H9ClO4. The number of esters is 1. The molecule has 92 valence electrons. The Kier molecular flexibility index (Phi) is 3.39. The second-order valence-electron chi connectivity index (χ2n) is 3.52. The molecule has 0 amide bonds. The minimum Gasteiger partial charge on any atom is -0.504 e. The summed E-state index contributed by atoms with van der Waals surface area (Å²) in [4.78, 5) is 11.8. The van der Waals surface area contributed by atoms with Crippen molar-refractivity contribution in [3.05, 3.63) is 53.1 Å². The van der Waals surface area contributed by atoms with Gasteiger partial charge < -0.3 is 14.9 Å². The van der Waals surface area contributed by atoms with Crippen molar-refractivity contribution in [1.29, 1.82) is 0 Å². The van der Waals surface area contributed by atoms with Gasteiger partial charge in [0.1, 0.15) is 5.75 Å². The Hall–Kier alpha value is -2.20. The van der Waals surface area contributed by atoms with E-state index in [1.165, 1.54) is 18.2 Å². The number of phenolic OH excluding ortho intramolecular Hbond substituents is 2. The summed E-state index contributed by atoms with van der Waals surface area (Å²) in [5.41, 5.74) is 0.228. The van der Waals surface area contributed by atoms with E-state index in [0.717, 1.165) is 6.07 Å². The number of carbonyl (C=O) groups excluding carboxylic acids is 1. The molecule has 0 saturated heterocycles. The fourth-order valence-corrected chi connectivity index (χ4v) is 1.57. The van der Waals surface area contributed by atoms with Gasteiger partial charge in [0.05, 0.1) is 10.6 Å². The third-order valence-corrected chi connectivity index (χ3v) is 2.58. The number of rotatable bonds is 2. The zero-order valence-electron chi connectivity index (χ0n) is 9.13. The molecule has 4 nitrogen and oxygen atoms in total. The number of hydrogen-bond donors (Lipinski definition) is 2. The zero-order valence-corrected chi connectivity index (χ0v) is 9.89. The average Bonchev–Trinajstić information content (AvgIpc) is 2.34. The molecule has 2 N–H and O–H groups in total. The van der Waals surface area contributed by atoms with Crippen molar-refractivity contribution in [2.45, 2.75) is 0 Å². The van der Waals surface area contributed by atoms with Gasteiger partial charge >= 0.3 is 5.97 Å². The molecule has 0 saturated carbocycles. The minimum atomic E-state index is -0.634. The lowest BCUT2D eigenvalue weighted by atomic mass is 10.2. The lowest BCUT2D eigenvalue weighted by Gasteiger charge is -2.06. The van der Waals surface area contributed by atoms with Gasteiger partial charge in [-0.25, -0.2) is 4.79 Å². The van der Waals surface area contributed by atoms with Crippen LogP contribution in [-0.2, 0) is 0 Å². The number of phenols is 2. The third-order valence-electron chi connectivity index (χ3n) is 2.25. The van der Waals surface area contributed by atoms with Gasteiger partial charge in [-0.3, -0.25) is 0 Å². The Morgan fingerprint density at radius 1 is 1.06 bits per heavy atom. The zero-order chi connectivity index (χ0) is 13.1. The topological polar surface area (TPSA) is 66.8 Å². The molecule has 0 heterocycles. The van der Waals surface area contributed by atoms with Crippen LogP contribution in [0, 0.1) is 0 Å². The molecule has 0 atom stereocenters. The van der Waals surface area contributed by atoms with Crippen molar-refractivity contribution in [3.63, 3.8) is 0 Å². The lowest BCUT2D eigenvalue weighted by molar-refractivity contribution is 0.0734.